The number of aliphatic carboxylic acids is 1. The van der Waals surface area contributed by atoms with E-state index in [1.165, 1.54) is 12.0 Å². The zero-order valence-corrected chi connectivity index (χ0v) is 14.8. The molecule has 2 aromatic carbocycles. The van der Waals surface area contributed by atoms with Crippen molar-refractivity contribution in [2.45, 2.75) is 18.4 Å². The summed E-state index contributed by atoms with van der Waals surface area (Å²) in [5.74, 6) is -3.23. The predicted octanol–water partition coefficient (Wildman–Crippen LogP) is 2.30. The second kappa shape index (κ2) is 5.84. The van der Waals surface area contributed by atoms with Crippen LogP contribution in [0.3, 0.4) is 0 Å². The first-order chi connectivity index (χ1) is 13.0. The standard InChI is InChI=1S/C20H17NO6/c1-3-27-19(25)20-14-7-5-4-6-12(14)17(22)21(20)15-10-11(26-2)8-9-13(15)16(20)18(23)24/h4-10,16H,3H2,1-2H3,(H,23,24). The van der Waals surface area contributed by atoms with Gasteiger partial charge in [-0.3, -0.25) is 14.5 Å². The van der Waals surface area contributed by atoms with Gasteiger partial charge in [-0.1, -0.05) is 24.3 Å². The van der Waals surface area contributed by atoms with E-state index in [1.807, 2.05) is 0 Å². The van der Waals surface area contributed by atoms with Gasteiger partial charge in [0, 0.05) is 17.2 Å². The number of esters is 1. The van der Waals surface area contributed by atoms with Crippen molar-refractivity contribution in [2.75, 3.05) is 18.6 Å². The molecule has 138 valence electrons. The number of anilines is 1. The summed E-state index contributed by atoms with van der Waals surface area (Å²) in [6.45, 7) is 1.71. The van der Waals surface area contributed by atoms with Crippen LogP contribution < -0.4 is 9.64 Å². The summed E-state index contributed by atoms with van der Waals surface area (Å²) in [5.41, 5.74) is -0.416. The van der Waals surface area contributed by atoms with E-state index in [0.717, 1.165) is 0 Å². The second-order valence-electron chi connectivity index (χ2n) is 6.37. The van der Waals surface area contributed by atoms with Crippen LogP contribution in [0.4, 0.5) is 5.69 Å². The van der Waals surface area contributed by atoms with Gasteiger partial charge in [0.25, 0.3) is 5.91 Å². The molecule has 0 saturated carbocycles. The van der Waals surface area contributed by atoms with Gasteiger partial charge in [0.05, 0.1) is 19.4 Å². The van der Waals surface area contributed by atoms with E-state index in [1.54, 1.807) is 49.4 Å². The molecular weight excluding hydrogens is 350 g/mol. The third-order valence-electron chi connectivity index (χ3n) is 5.16. The van der Waals surface area contributed by atoms with Crippen molar-refractivity contribution in [1.29, 1.82) is 0 Å². The predicted molar refractivity (Wildman–Crippen MR) is 94.9 cm³/mol. The van der Waals surface area contributed by atoms with Crippen molar-refractivity contribution in [2.24, 2.45) is 0 Å². The Morgan fingerprint density at radius 3 is 2.63 bits per heavy atom. The van der Waals surface area contributed by atoms with Crippen molar-refractivity contribution in [1.82, 2.24) is 0 Å². The number of carbonyl (C=O) groups excluding carboxylic acids is 2. The maximum absolute atomic E-state index is 13.2. The molecule has 2 unspecified atom stereocenters. The number of benzene rings is 2. The highest BCUT2D eigenvalue weighted by molar-refractivity contribution is 6.21. The molecule has 1 amide bonds. The molecule has 0 aromatic heterocycles. The van der Waals surface area contributed by atoms with Gasteiger partial charge in [0.2, 0.25) is 0 Å². The molecular formula is C20H17NO6. The molecule has 1 N–H and O–H groups in total. The van der Waals surface area contributed by atoms with Crippen molar-refractivity contribution in [3.63, 3.8) is 0 Å². The number of rotatable bonds is 4. The number of carboxylic acids is 1. The van der Waals surface area contributed by atoms with Crippen molar-refractivity contribution in [3.05, 3.63) is 59.2 Å². The third kappa shape index (κ3) is 1.99. The smallest absolute Gasteiger partial charge is 0.338 e. The lowest BCUT2D eigenvalue weighted by Gasteiger charge is -2.33. The van der Waals surface area contributed by atoms with E-state index in [9.17, 15) is 19.5 Å². The van der Waals surface area contributed by atoms with Crippen LogP contribution in [0.2, 0.25) is 0 Å². The average molecular weight is 367 g/mol. The summed E-state index contributed by atoms with van der Waals surface area (Å²) >= 11 is 0. The topological polar surface area (TPSA) is 93.1 Å². The fraction of sp³-hybridized carbons (Fsp3) is 0.250. The Bertz CT molecular complexity index is 984. The van der Waals surface area contributed by atoms with Crippen LogP contribution in [0.15, 0.2) is 42.5 Å². The van der Waals surface area contributed by atoms with Crippen LogP contribution in [-0.4, -0.2) is 36.7 Å². The van der Waals surface area contributed by atoms with Crippen molar-refractivity contribution < 1.29 is 29.0 Å². The van der Waals surface area contributed by atoms with E-state index in [4.69, 9.17) is 9.47 Å². The van der Waals surface area contributed by atoms with Crippen LogP contribution in [0.25, 0.3) is 0 Å². The quantitative estimate of drug-likeness (QED) is 0.834. The Labute approximate surface area is 155 Å². The number of hydrogen-bond donors (Lipinski definition) is 1. The number of carboxylic acid groups (broad SMARTS) is 1. The molecule has 7 nitrogen and oxygen atoms in total. The Morgan fingerprint density at radius 2 is 1.96 bits per heavy atom. The number of hydrogen-bond acceptors (Lipinski definition) is 5. The Hall–Kier alpha value is -3.35. The molecule has 0 spiro atoms. The molecule has 27 heavy (non-hydrogen) atoms. The Balaban J connectivity index is 2.09. The van der Waals surface area contributed by atoms with Crippen LogP contribution in [0.1, 0.15) is 34.3 Å². The second-order valence-corrected chi connectivity index (χ2v) is 6.37. The third-order valence-corrected chi connectivity index (χ3v) is 5.16. The molecule has 4 rings (SSSR count). The monoisotopic (exact) mass is 367 g/mol. The van der Waals surface area contributed by atoms with Crippen molar-refractivity contribution >= 4 is 23.5 Å². The lowest BCUT2D eigenvalue weighted by molar-refractivity contribution is -0.155. The lowest BCUT2D eigenvalue weighted by atomic mass is 9.77. The molecule has 2 aliphatic rings. The number of fused-ring (bicyclic) bond motifs is 5. The highest BCUT2D eigenvalue weighted by Crippen LogP contribution is 2.59. The van der Waals surface area contributed by atoms with Crippen LogP contribution >= 0.6 is 0 Å². The van der Waals surface area contributed by atoms with Crippen molar-refractivity contribution in [3.8, 4) is 5.75 Å². The van der Waals surface area contributed by atoms with Gasteiger partial charge in [-0.05, 0) is 24.6 Å². The molecule has 2 aliphatic heterocycles. The minimum atomic E-state index is -1.77. The maximum atomic E-state index is 13.2. The van der Waals surface area contributed by atoms with Gasteiger partial charge < -0.3 is 14.6 Å². The molecule has 0 bridgehead atoms. The molecule has 2 aromatic rings. The lowest BCUT2D eigenvalue weighted by Crippen LogP contribution is -2.52. The van der Waals surface area contributed by atoms with Gasteiger partial charge >= 0.3 is 11.9 Å². The summed E-state index contributed by atoms with van der Waals surface area (Å²) in [4.78, 5) is 40.0. The Morgan fingerprint density at radius 1 is 1.22 bits per heavy atom. The van der Waals surface area contributed by atoms with Gasteiger partial charge in [-0.2, -0.15) is 0 Å². The normalized spacial score (nSPS) is 22.1. The van der Waals surface area contributed by atoms with E-state index < -0.39 is 29.3 Å². The molecule has 2 heterocycles. The van der Waals surface area contributed by atoms with Gasteiger partial charge in [-0.25, -0.2) is 4.79 Å². The first kappa shape index (κ1) is 17.1. The Kier molecular flexibility index (Phi) is 3.69. The summed E-state index contributed by atoms with van der Waals surface area (Å²) in [7, 11) is 1.48. The van der Waals surface area contributed by atoms with E-state index in [-0.39, 0.29) is 6.61 Å². The molecule has 7 heteroatoms. The molecule has 0 saturated heterocycles. The minimum Gasteiger partial charge on any atom is -0.497 e. The number of amides is 1. The van der Waals surface area contributed by atoms with Crippen LogP contribution in [0.5, 0.6) is 5.75 Å². The first-order valence-electron chi connectivity index (χ1n) is 8.50. The number of carbonyl (C=O) groups is 3. The highest BCUT2D eigenvalue weighted by Gasteiger charge is 2.68. The largest absolute Gasteiger partial charge is 0.497 e. The van der Waals surface area contributed by atoms with Gasteiger partial charge in [0.1, 0.15) is 11.7 Å². The summed E-state index contributed by atoms with van der Waals surface area (Å²) in [6, 6.07) is 11.3. The number of ether oxygens (including phenoxy) is 2. The van der Waals surface area contributed by atoms with E-state index >= 15 is 0 Å². The summed E-state index contributed by atoms with van der Waals surface area (Å²) < 4.78 is 10.5. The van der Waals surface area contributed by atoms with E-state index in [2.05, 4.69) is 0 Å². The highest BCUT2D eigenvalue weighted by atomic mass is 16.5. The van der Waals surface area contributed by atoms with Gasteiger partial charge in [0.15, 0.2) is 5.54 Å². The minimum absolute atomic E-state index is 0.0663. The molecule has 0 radical (unpaired) electrons. The van der Waals surface area contributed by atoms with Gasteiger partial charge in [-0.15, -0.1) is 0 Å². The number of nitrogens with zero attached hydrogens (tertiary/aromatic N) is 1. The number of methoxy groups -OCH3 is 1. The van der Waals surface area contributed by atoms with Crippen LogP contribution in [0, 0.1) is 0 Å². The first-order valence-corrected chi connectivity index (χ1v) is 8.50. The zero-order valence-electron chi connectivity index (χ0n) is 14.8. The summed E-state index contributed by atoms with van der Waals surface area (Å²) in [6.07, 6.45) is 0. The van der Waals surface area contributed by atoms with E-state index in [0.29, 0.717) is 28.1 Å². The average Bonchev–Trinajstić information content (AvgIpc) is 3.11. The fourth-order valence-electron chi connectivity index (χ4n) is 4.17. The SMILES string of the molecule is CCOC(=O)C12c3ccccc3C(=O)N1c1cc(OC)ccc1C2C(=O)O. The zero-order chi connectivity index (χ0) is 19.3. The fourth-order valence-corrected chi connectivity index (χ4v) is 4.17. The molecule has 0 aliphatic carbocycles. The molecule has 0 fully saturated rings. The maximum Gasteiger partial charge on any atom is 0.338 e. The van der Waals surface area contributed by atoms with Crippen LogP contribution in [-0.2, 0) is 19.9 Å². The summed E-state index contributed by atoms with van der Waals surface area (Å²) in [5, 5.41) is 10.1. The molecule has 2 atom stereocenters.